The van der Waals surface area contributed by atoms with Crippen LogP contribution in [0.25, 0.3) is 10.9 Å². The molecule has 17 heavy (non-hydrogen) atoms. The van der Waals surface area contributed by atoms with Crippen molar-refractivity contribution in [1.29, 1.82) is 0 Å². The second kappa shape index (κ2) is 6.36. The minimum Gasteiger partial charge on any atom is -0.396 e. The molecule has 0 bridgehead atoms. The maximum Gasteiger partial charge on any atom is 0.0710 e. The molecule has 92 valence electrons. The van der Waals surface area contributed by atoms with Crippen LogP contribution in [0.4, 0.5) is 0 Å². The van der Waals surface area contributed by atoms with Crippen molar-refractivity contribution >= 4 is 10.9 Å². The highest BCUT2D eigenvalue weighted by atomic mass is 16.2. The van der Waals surface area contributed by atoms with E-state index in [0.717, 1.165) is 16.8 Å². The van der Waals surface area contributed by atoms with Crippen molar-refractivity contribution in [1.82, 2.24) is 4.98 Å². The summed E-state index contributed by atoms with van der Waals surface area (Å²) in [5, 5.41) is 10.1. The molecule has 0 atom stereocenters. The predicted molar refractivity (Wildman–Crippen MR) is 73.4 cm³/mol. The molecule has 1 heterocycles. The van der Waals surface area contributed by atoms with Gasteiger partial charge in [0.25, 0.3) is 0 Å². The van der Waals surface area contributed by atoms with Crippen molar-refractivity contribution in [3.63, 3.8) is 0 Å². The molecule has 0 aliphatic carbocycles. The van der Waals surface area contributed by atoms with Crippen LogP contribution in [0.15, 0.2) is 24.3 Å². The van der Waals surface area contributed by atoms with Gasteiger partial charge in [-0.15, -0.1) is 0 Å². The summed E-state index contributed by atoms with van der Waals surface area (Å²) >= 11 is 0. The Kier molecular flexibility index (Phi) is 5.11. The zero-order valence-corrected chi connectivity index (χ0v) is 11.1. The van der Waals surface area contributed by atoms with Gasteiger partial charge >= 0.3 is 0 Å². The highest BCUT2D eigenvalue weighted by molar-refractivity contribution is 5.82. The van der Waals surface area contributed by atoms with E-state index in [2.05, 4.69) is 36.2 Å². The molecule has 0 aliphatic rings. The van der Waals surface area contributed by atoms with Gasteiger partial charge in [0, 0.05) is 17.7 Å². The number of rotatable bonds is 2. The largest absolute Gasteiger partial charge is 0.396 e. The standard InChI is InChI=1S/C13H15NO.C2H6/c1-9-7-10(2)14-13-8-11(5-6-15)3-4-12(9)13;1-2/h3-4,7-8,15H,5-6H2,1-2H3;1-2H3. The Labute approximate surface area is 103 Å². The topological polar surface area (TPSA) is 33.1 Å². The molecule has 0 unspecified atom stereocenters. The highest BCUT2D eigenvalue weighted by Crippen LogP contribution is 2.19. The summed E-state index contributed by atoms with van der Waals surface area (Å²) in [4.78, 5) is 4.50. The van der Waals surface area contributed by atoms with Crippen molar-refractivity contribution in [2.45, 2.75) is 34.1 Å². The van der Waals surface area contributed by atoms with Gasteiger partial charge in [-0.3, -0.25) is 4.98 Å². The van der Waals surface area contributed by atoms with E-state index in [0.29, 0.717) is 6.42 Å². The lowest BCUT2D eigenvalue weighted by atomic mass is 10.1. The Balaban J connectivity index is 0.000000686. The molecule has 0 amide bonds. The molecule has 2 aromatic rings. The molecule has 0 spiro atoms. The third kappa shape index (κ3) is 3.27. The first-order chi connectivity index (χ1) is 8.20. The van der Waals surface area contributed by atoms with E-state index < -0.39 is 0 Å². The monoisotopic (exact) mass is 231 g/mol. The fourth-order valence-corrected chi connectivity index (χ4v) is 1.90. The van der Waals surface area contributed by atoms with Crippen LogP contribution in [0.1, 0.15) is 30.7 Å². The van der Waals surface area contributed by atoms with E-state index in [1.54, 1.807) is 0 Å². The summed E-state index contributed by atoms with van der Waals surface area (Å²) in [5.41, 5.74) is 4.47. The molecular weight excluding hydrogens is 210 g/mol. The van der Waals surface area contributed by atoms with Crippen LogP contribution >= 0.6 is 0 Å². The summed E-state index contributed by atoms with van der Waals surface area (Å²) in [6.07, 6.45) is 0.699. The Bertz CT molecular complexity index is 491. The maximum atomic E-state index is 8.88. The smallest absolute Gasteiger partial charge is 0.0710 e. The Morgan fingerprint density at radius 3 is 2.47 bits per heavy atom. The van der Waals surface area contributed by atoms with Crippen molar-refractivity contribution in [2.75, 3.05) is 6.61 Å². The van der Waals surface area contributed by atoms with Crippen LogP contribution < -0.4 is 0 Å². The van der Waals surface area contributed by atoms with Crippen LogP contribution in [-0.2, 0) is 6.42 Å². The van der Waals surface area contributed by atoms with Gasteiger partial charge < -0.3 is 5.11 Å². The van der Waals surface area contributed by atoms with Gasteiger partial charge in [-0.05, 0) is 43.5 Å². The van der Waals surface area contributed by atoms with Gasteiger partial charge in [-0.1, -0.05) is 26.0 Å². The first kappa shape index (κ1) is 13.7. The summed E-state index contributed by atoms with van der Waals surface area (Å²) in [6, 6.07) is 8.30. The molecular formula is C15H21NO. The Morgan fingerprint density at radius 2 is 1.82 bits per heavy atom. The van der Waals surface area contributed by atoms with Crippen LogP contribution in [0.2, 0.25) is 0 Å². The van der Waals surface area contributed by atoms with E-state index >= 15 is 0 Å². The number of hydrogen-bond donors (Lipinski definition) is 1. The average molecular weight is 231 g/mol. The summed E-state index contributed by atoms with van der Waals surface area (Å²) in [6.45, 7) is 8.30. The lowest BCUT2D eigenvalue weighted by Crippen LogP contribution is -1.93. The summed E-state index contributed by atoms with van der Waals surface area (Å²) < 4.78 is 0. The first-order valence-corrected chi connectivity index (χ1v) is 6.18. The van der Waals surface area contributed by atoms with Crippen LogP contribution in [0.3, 0.4) is 0 Å². The number of nitrogens with zero attached hydrogens (tertiary/aromatic N) is 1. The van der Waals surface area contributed by atoms with Crippen molar-refractivity contribution in [2.24, 2.45) is 0 Å². The molecule has 1 N–H and O–H groups in total. The van der Waals surface area contributed by atoms with Gasteiger partial charge in [0.05, 0.1) is 5.52 Å². The lowest BCUT2D eigenvalue weighted by molar-refractivity contribution is 0.299. The molecule has 2 nitrogen and oxygen atoms in total. The van der Waals surface area contributed by atoms with Crippen LogP contribution in [-0.4, -0.2) is 16.7 Å². The van der Waals surface area contributed by atoms with E-state index in [1.807, 2.05) is 20.8 Å². The van der Waals surface area contributed by atoms with Crippen molar-refractivity contribution in [3.8, 4) is 0 Å². The molecule has 2 rings (SSSR count). The number of pyridine rings is 1. The molecule has 1 aromatic carbocycles. The summed E-state index contributed by atoms with van der Waals surface area (Å²) in [5.74, 6) is 0. The van der Waals surface area contributed by atoms with Crippen molar-refractivity contribution in [3.05, 3.63) is 41.1 Å². The normalized spacial score (nSPS) is 9.94. The van der Waals surface area contributed by atoms with Gasteiger partial charge in [-0.2, -0.15) is 0 Å². The fourth-order valence-electron chi connectivity index (χ4n) is 1.90. The second-order valence-electron chi connectivity index (χ2n) is 3.91. The Hall–Kier alpha value is -1.41. The van der Waals surface area contributed by atoms with Crippen molar-refractivity contribution < 1.29 is 5.11 Å². The zero-order chi connectivity index (χ0) is 12.8. The van der Waals surface area contributed by atoms with E-state index in [4.69, 9.17) is 5.11 Å². The maximum absolute atomic E-state index is 8.88. The average Bonchev–Trinajstić information content (AvgIpc) is 2.31. The fraction of sp³-hybridized carbons (Fsp3) is 0.400. The lowest BCUT2D eigenvalue weighted by Gasteiger charge is -2.05. The number of aliphatic hydroxyl groups excluding tert-OH is 1. The van der Waals surface area contributed by atoms with Gasteiger partial charge in [-0.25, -0.2) is 0 Å². The zero-order valence-electron chi connectivity index (χ0n) is 11.1. The minimum absolute atomic E-state index is 0.191. The van der Waals surface area contributed by atoms with Gasteiger partial charge in [0.2, 0.25) is 0 Å². The van der Waals surface area contributed by atoms with E-state index in [-0.39, 0.29) is 6.61 Å². The molecule has 0 saturated carbocycles. The molecule has 0 aliphatic heterocycles. The molecule has 0 fully saturated rings. The number of aliphatic hydroxyl groups is 1. The minimum atomic E-state index is 0.191. The SMILES string of the molecule is CC.Cc1cc(C)c2ccc(CCO)cc2n1. The molecule has 0 saturated heterocycles. The number of aromatic nitrogens is 1. The highest BCUT2D eigenvalue weighted by Gasteiger charge is 2.01. The molecule has 0 radical (unpaired) electrons. The first-order valence-electron chi connectivity index (χ1n) is 6.18. The van der Waals surface area contributed by atoms with Crippen LogP contribution in [0.5, 0.6) is 0 Å². The summed E-state index contributed by atoms with van der Waals surface area (Å²) in [7, 11) is 0. The number of fused-ring (bicyclic) bond motifs is 1. The number of hydrogen-bond acceptors (Lipinski definition) is 2. The van der Waals surface area contributed by atoms with Crippen LogP contribution in [0, 0.1) is 13.8 Å². The quantitative estimate of drug-likeness (QED) is 0.859. The van der Waals surface area contributed by atoms with Gasteiger partial charge in [0.1, 0.15) is 0 Å². The number of benzene rings is 1. The second-order valence-corrected chi connectivity index (χ2v) is 3.91. The molecule has 2 heteroatoms. The van der Waals surface area contributed by atoms with E-state index in [1.165, 1.54) is 10.9 Å². The predicted octanol–water partition coefficient (Wildman–Crippen LogP) is 3.41. The van der Waals surface area contributed by atoms with Gasteiger partial charge in [0.15, 0.2) is 0 Å². The number of aryl methyl sites for hydroxylation is 2. The Morgan fingerprint density at radius 1 is 1.12 bits per heavy atom. The third-order valence-corrected chi connectivity index (χ3v) is 2.61. The molecule has 1 aromatic heterocycles. The third-order valence-electron chi connectivity index (χ3n) is 2.61. The van der Waals surface area contributed by atoms with E-state index in [9.17, 15) is 0 Å².